The molecule has 3 N–H and O–H groups in total. The van der Waals surface area contributed by atoms with Gasteiger partial charge in [-0.3, -0.25) is 9.20 Å². The number of hydrogen-bond acceptors (Lipinski definition) is 5. The highest BCUT2D eigenvalue weighted by Gasteiger charge is 2.26. The molecule has 0 saturated carbocycles. The number of nitrogens with zero attached hydrogens (tertiary/aromatic N) is 4. The smallest absolute Gasteiger partial charge is 0.256 e. The molecule has 0 unspecified atom stereocenters. The molecule has 0 aliphatic heterocycles. The van der Waals surface area contributed by atoms with E-state index in [0.717, 1.165) is 11.3 Å². The van der Waals surface area contributed by atoms with Crippen molar-refractivity contribution in [3.63, 3.8) is 0 Å². The molecule has 0 spiro atoms. The number of rotatable bonds is 1. The van der Waals surface area contributed by atoms with Gasteiger partial charge in [-0.15, -0.1) is 10.2 Å². The summed E-state index contributed by atoms with van der Waals surface area (Å²) in [5, 5.41) is 17.3. The van der Waals surface area contributed by atoms with E-state index >= 15 is 0 Å². The van der Waals surface area contributed by atoms with Gasteiger partial charge in [0.1, 0.15) is 16.7 Å². The van der Waals surface area contributed by atoms with E-state index in [4.69, 9.17) is 17.3 Å². The lowest BCUT2D eigenvalue weighted by Crippen LogP contribution is -2.13. The zero-order valence-electron chi connectivity index (χ0n) is 15.5. The van der Waals surface area contributed by atoms with Gasteiger partial charge in [0.25, 0.3) is 5.78 Å². The highest BCUT2D eigenvalue weighted by molar-refractivity contribution is 6.34. The summed E-state index contributed by atoms with van der Waals surface area (Å²) < 4.78 is 1.79. The number of allylic oxidation sites excluding steroid dienone is 1. The summed E-state index contributed by atoms with van der Waals surface area (Å²) in [5.74, 6) is 1.03. The van der Waals surface area contributed by atoms with E-state index in [2.05, 4.69) is 15.2 Å². The molecule has 1 aromatic carbocycles. The molecule has 0 atom stereocenters. The minimum atomic E-state index is -0.502. The van der Waals surface area contributed by atoms with Gasteiger partial charge in [-0.05, 0) is 50.5 Å². The fourth-order valence-electron chi connectivity index (χ4n) is 3.04. The maximum Gasteiger partial charge on any atom is 0.256 e. The summed E-state index contributed by atoms with van der Waals surface area (Å²) in [4.78, 5) is 15.4. The lowest BCUT2D eigenvalue weighted by Gasteiger charge is -2.07. The summed E-state index contributed by atoms with van der Waals surface area (Å²) in [6.45, 7) is 7.81. The van der Waals surface area contributed by atoms with Crippen molar-refractivity contribution in [1.29, 1.82) is 0 Å². The lowest BCUT2D eigenvalue weighted by atomic mass is 10.0. The Labute approximate surface area is 161 Å². The van der Waals surface area contributed by atoms with Crippen molar-refractivity contribution in [2.75, 3.05) is 0 Å². The number of halogens is 1. The van der Waals surface area contributed by atoms with Gasteiger partial charge >= 0.3 is 0 Å². The minimum absolute atomic E-state index is 0.238. The van der Waals surface area contributed by atoms with Crippen LogP contribution in [-0.4, -0.2) is 30.6 Å². The van der Waals surface area contributed by atoms with Crippen LogP contribution in [0, 0.1) is 27.7 Å². The van der Waals surface area contributed by atoms with Crippen LogP contribution < -0.4 is 5.73 Å². The Morgan fingerprint density at radius 3 is 2.52 bits per heavy atom. The average Bonchev–Trinajstić information content (AvgIpc) is 3.21. The first-order valence-corrected chi connectivity index (χ1v) is 8.76. The van der Waals surface area contributed by atoms with Crippen LogP contribution in [0.1, 0.15) is 33.8 Å². The predicted molar refractivity (Wildman–Crippen MR) is 104 cm³/mol. The number of aromatic nitrogens is 4. The van der Waals surface area contributed by atoms with Crippen LogP contribution in [0.15, 0.2) is 18.2 Å². The van der Waals surface area contributed by atoms with E-state index in [0.29, 0.717) is 34.9 Å². The van der Waals surface area contributed by atoms with E-state index in [1.165, 1.54) is 11.1 Å². The maximum absolute atomic E-state index is 11.3. The van der Waals surface area contributed by atoms with Gasteiger partial charge in [0, 0.05) is 23.3 Å². The Morgan fingerprint density at radius 1 is 1.19 bits per heavy atom. The first-order valence-electron chi connectivity index (χ1n) is 8.38. The van der Waals surface area contributed by atoms with Gasteiger partial charge < -0.3 is 10.8 Å². The van der Waals surface area contributed by atoms with Crippen LogP contribution in [-0.2, 0) is 11.2 Å². The molecule has 0 radical (unpaired) electrons. The number of primary amides is 1. The van der Waals surface area contributed by atoms with Crippen LogP contribution in [0.3, 0.4) is 0 Å². The molecule has 1 aliphatic rings. The molecule has 0 saturated heterocycles. The summed E-state index contributed by atoms with van der Waals surface area (Å²) in [5.41, 5.74) is 10.6. The number of phenolic OH excluding ortho intramolecular Hbond substituents is 1. The normalized spacial score (nSPS) is 12.4. The van der Waals surface area contributed by atoms with Crippen LogP contribution in [0.2, 0.25) is 5.15 Å². The summed E-state index contributed by atoms with van der Waals surface area (Å²) in [6.07, 6.45) is 2.32. The molecule has 8 heteroatoms. The second kappa shape index (κ2) is 7.00. The quantitative estimate of drug-likeness (QED) is 0.626. The van der Waals surface area contributed by atoms with Crippen molar-refractivity contribution >= 4 is 28.9 Å². The standard InChI is InChI=1S/C10H8ClN5O.C9H12O/c1-4-14-15-10-13-8(11)7-5(9(12)17)2-3-6(7)16(4)10;1-6-4-5-9(10)8(3)7(6)2/h2H,3H2,1H3,(H2,12,17);4-5,10H,1-3H3. The van der Waals surface area contributed by atoms with Crippen molar-refractivity contribution in [1.82, 2.24) is 19.6 Å². The van der Waals surface area contributed by atoms with Crippen LogP contribution in [0.4, 0.5) is 0 Å². The number of carbonyl (C=O) groups is 1. The molecule has 140 valence electrons. The summed E-state index contributed by atoms with van der Waals surface area (Å²) in [7, 11) is 0. The second-order valence-electron chi connectivity index (χ2n) is 6.44. The third-order valence-electron chi connectivity index (χ3n) is 4.83. The SMILES string of the molecule is Cc1ccc(O)c(C)c1C.Cc1nnc2nc(Cl)c3c(n12)CC=C3C(N)=O. The Kier molecular flexibility index (Phi) is 4.89. The topological polar surface area (TPSA) is 106 Å². The van der Waals surface area contributed by atoms with Gasteiger partial charge in [0.15, 0.2) is 0 Å². The number of carbonyl (C=O) groups excluding carboxylic acids is 1. The van der Waals surface area contributed by atoms with Crippen LogP contribution >= 0.6 is 11.6 Å². The van der Waals surface area contributed by atoms with E-state index in [-0.39, 0.29) is 5.15 Å². The van der Waals surface area contributed by atoms with Crippen LogP contribution in [0.5, 0.6) is 5.75 Å². The summed E-state index contributed by atoms with van der Waals surface area (Å²) >= 11 is 6.06. The Morgan fingerprint density at radius 2 is 1.89 bits per heavy atom. The Balaban J connectivity index is 0.000000180. The number of nitrogens with two attached hydrogens (primary N) is 1. The van der Waals surface area contributed by atoms with Crippen LogP contribution in [0.25, 0.3) is 11.4 Å². The number of amides is 1. The van der Waals surface area contributed by atoms with Crippen molar-refractivity contribution in [3.05, 3.63) is 57.1 Å². The minimum Gasteiger partial charge on any atom is -0.508 e. The number of phenols is 1. The zero-order valence-corrected chi connectivity index (χ0v) is 16.3. The number of aromatic hydroxyl groups is 1. The molecule has 7 nitrogen and oxygen atoms in total. The van der Waals surface area contributed by atoms with Gasteiger partial charge in [-0.1, -0.05) is 23.7 Å². The van der Waals surface area contributed by atoms with Crippen molar-refractivity contribution in [3.8, 4) is 5.75 Å². The van der Waals surface area contributed by atoms with Gasteiger partial charge in [-0.2, -0.15) is 4.98 Å². The van der Waals surface area contributed by atoms with E-state index in [9.17, 15) is 9.90 Å². The maximum atomic E-state index is 11.3. The first-order chi connectivity index (χ1) is 12.7. The highest BCUT2D eigenvalue weighted by Crippen LogP contribution is 2.32. The average molecular weight is 386 g/mol. The largest absolute Gasteiger partial charge is 0.508 e. The molecule has 4 rings (SSSR count). The third kappa shape index (κ3) is 3.26. The van der Waals surface area contributed by atoms with E-state index < -0.39 is 5.91 Å². The van der Waals surface area contributed by atoms with Gasteiger partial charge in [-0.25, -0.2) is 0 Å². The Bertz CT molecular complexity index is 1070. The molecule has 0 fully saturated rings. The van der Waals surface area contributed by atoms with Crippen molar-refractivity contribution < 1.29 is 9.90 Å². The van der Waals surface area contributed by atoms with E-state index in [1.54, 1.807) is 16.5 Å². The molecule has 2 heterocycles. The number of hydrogen-bond donors (Lipinski definition) is 2. The molecular weight excluding hydrogens is 366 g/mol. The van der Waals surface area contributed by atoms with Gasteiger partial charge in [0.05, 0.1) is 0 Å². The molecule has 2 aromatic heterocycles. The number of aryl methyl sites for hydroxylation is 2. The first kappa shape index (κ1) is 18.8. The highest BCUT2D eigenvalue weighted by atomic mass is 35.5. The molecule has 27 heavy (non-hydrogen) atoms. The fraction of sp³-hybridized carbons (Fsp3) is 0.263. The zero-order chi connectivity index (χ0) is 19.9. The van der Waals surface area contributed by atoms with Crippen molar-refractivity contribution in [2.45, 2.75) is 34.1 Å². The van der Waals surface area contributed by atoms with Gasteiger partial charge in [0.2, 0.25) is 5.91 Å². The predicted octanol–water partition coefficient (Wildman–Crippen LogP) is 2.83. The molecular formula is C19H20ClN5O2. The second-order valence-corrected chi connectivity index (χ2v) is 6.80. The molecule has 3 aromatic rings. The fourth-order valence-corrected chi connectivity index (χ4v) is 3.33. The van der Waals surface area contributed by atoms with Crippen molar-refractivity contribution in [2.24, 2.45) is 5.73 Å². The Hall–Kier alpha value is -2.93. The molecule has 0 bridgehead atoms. The van der Waals surface area contributed by atoms with E-state index in [1.807, 2.05) is 33.8 Å². The number of fused-ring (bicyclic) bond motifs is 3. The number of benzene rings is 1. The monoisotopic (exact) mass is 385 g/mol. The molecule has 1 amide bonds. The summed E-state index contributed by atoms with van der Waals surface area (Å²) in [6, 6.07) is 3.66. The third-order valence-corrected chi connectivity index (χ3v) is 5.11. The lowest BCUT2D eigenvalue weighted by molar-refractivity contribution is -0.112. The molecule has 1 aliphatic carbocycles.